The van der Waals surface area contributed by atoms with E-state index in [4.69, 9.17) is 4.74 Å². The number of hydrogen-bond acceptors (Lipinski definition) is 4. The minimum Gasteiger partial charge on any atom is -0.452 e. The monoisotopic (exact) mass is 367 g/mol. The maximum Gasteiger partial charge on any atom is 0.339 e. The Morgan fingerprint density at radius 2 is 1.72 bits per heavy atom. The molecule has 0 spiro atoms. The van der Waals surface area contributed by atoms with E-state index in [0.29, 0.717) is 10.6 Å². The smallest absolute Gasteiger partial charge is 0.339 e. The number of anilines is 1. The fourth-order valence-electron chi connectivity index (χ4n) is 1.99. The third-order valence-corrected chi connectivity index (χ3v) is 4.55. The van der Waals surface area contributed by atoms with Gasteiger partial charge in [0.1, 0.15) is 17.3 Å². The third kappa shape index (κ3) is 4.69. The molecule has 0 saturated heterocycles. The van der Waals surface area contributed by atoms with Crippen molar-refractivity contribution in [1.82, 2.24) is 0 Å². The van der Waals surface area contributed by atoms with Gasteiger partial charge in [-0.2, -0.15) is 0 Å². The van der Waals surface area contributed by atoms with Crippen LogP contribution in [0.25, 0.3) is 0 Å². The number of esters is 1. The molecule has 0 heterocycles. The van der Waals surface area contributed by atoms with E-state index in [0.717, 1.165) is 18.2 Å². The zero-order valence-electron chi connectivity index (χ0n) is 13.3. The highest BCUT2D eigenvalue weighted by Crippen LogP contribution is 2.18. The van der Waals surface area contributed by atoms with Crippen LogP contribution in [0.5, 0.6) is 0 Å². The number of para-hydroxylation sites is 1. The molecule has 0 saturated carbocycles. The van der Waals surface area contributed by atoms with E-state index in [2.05, 4.69) is 0 Å². The molecule has 5 nitrogen and oxygen atoms in total. The summed E-state index contributed by atoms with van der Waals surface area (Å²) in [6, 6.07) is 9.30. The van der Waals surface area contributed by atoms with Crippen LogP contribution < -0.4 is 5.32 Å². The summed E-state index contributed by atoms with van der Waals surface area (Å²) in [5.41, 5.74) is -0.538. The minimum atomic E-state index is -1.38. The second kappa shape index (κ2) is 8.48. The zero-order valence-corrected chi connectivity index (χ0v) is 14.1. The molecule has 1 atom stereocenters. The number of halogens is 2. The van der Waals surface area contributed by atoms with Gasteiger partial charge in [-0.05, 0) is 24.3 Å². The van der Waals surface area contributed by atoms with Crippen LogP contribution in [0.3, 0.4) is 0 Å². The molecule has 25 heavy (non-hydrogen) atoms. The molecule has 0 aliphatic heterocycles. The SMILES string of the molecule is CC[S@@](=O)c1ccccc1C(=O)OCC(=O)Nc1c(F)cccc1F. The molecule has 1 N–H and O–H groups in total. The van der Waals surface area contributed by atoms with E-state index >= 15 is 0 Å². The van der Waals surface area contributed by atoms with Crippen molar-refractivity contribution in [1.29, 1.82) is 0 Å². The predicted molar refractivity (Wildman–Crippen MR) is 88.7 cm³/mol. The summed E-state index contributed by atoms with van der Waals surface area (Å²) in [6.45, 7) is 0.967. The molecule has 1 amide bonds. The minimum absolute atomic E-state index is 0.0764. The van der Waals surface area contributed by atoms with Crippen LogP contribution in [0.2, 0.25) is 0 Å². The molecule has 132 valence electrons. The Bertz CT molecular complexity index is 806. The van der Waals surface area contributed by atoms with Crippen LogP contribution in [-0.2, 0) is 20.3 Å². The highest BCUT2D eigenvalue weighted by atomic mass is 32.2. The van der Waals surface area contributed by atoms with E-state index < -0.39 is 46.6 Å². The highest BCUT2D eigenvalue weighted by molar-refractivity contribution is 7.85. The van der Waals surface area contributed by atoms with Gasteiger partial charge in [-0.15, -0.1) is 0 Å². The van der Waals surface area contributed by atoms with Crippen molar-refractivity contribution >= 4 is 28.4 Å². The van der Waals surface area contributed by atoms with Crippen LogP contribution in [-0.4, -0.2) is 28.4 Å². The number of carbonyl (C=O) groups excluding carboxylic acids is 2. The lowest BCUT2D eigenvalue weighted by Gasteiger charge is -2.10. The first-order valence-electron chi connectivity index (χ1n) is 7.32. The lowest BCUT2D eigenvalue weighted by atomic mass is 10.2. The van der Waals surface area contributed by atoms with E-state index in [9.17, 15) is 22.6 Å². The fraction of sp³-hybridized carbons (Fsp3) is 0.176. The van der Waals surface area contributed by atoms with Crippen molar-refractivity contribution < 1.29 is 27.3 Å². The normalized spacial score (nSPS) is 11.6. The van der Waals surface area contributed by atoms with Gasteiger partial charge < -0.3 is 10.1 Å². The number of carbonyl (C=O) groups is 2. The molecule has 0 aliphatic carbocycles. The van der Waals surface area contributed by atoms with E-state index in [1.165, 1.54) is 12.1 Å². The Morgan fingerprint density at radius 3 is 2.36 bits per heavy atom. The summed E-state index contributed by atoms with van der Waals surface area (Å²) in [4.78, 5) is 24.1. The predicted octanol–water partition coefficient (Wildman–Crippen LogP) is 2.89. The van der Waals surface area contributed by atoms with Crippen molar-refractivity contribution in [2.45, 2.75) is 11.8 Å². The average Bonchev–Trinajstić information content (AvgIpc) is 2.62. The number of benzene rings is 2. The highest BCUT2D eigenvalue weighted by Gasteiger charge is 2.18. The quantitative estimate of drug-likeness (QED) is 0.797. The molecule has 0 unspecified atom stereocenters. The number of nitrogens with one attached hydrogen (secondary N) is 1. The van der Waals surface area contributed by atoms with Gasteiger partial charge in [-0.3, -0.25) is 9.00 Å². The third-order valence-electron chi connectivity index (χ3n) is 3.18. The molecular formula is C17H15F2NO4S. The molecule has 2 rings (SSSR count). The van der Waals surface area contributed by atoms with Crippen molar-refractivity contribution in [2.24, 2.45) is 0 Å². The van der Waals surface area contributed by atoms with E-state index in [1.807, 2.05) is 5.32 Å². The van der Waals surface area contributed by atoms with Gasteiger partial charge in [0.25, 0.3) is 5.91 Å². The lowest BCUT2D eigenvalue weighted by molar-refractivity contribution is -0.119. The summed E-state index contributed by atoms with van der Waals surface area (Å²) in [5, 5.41) is 2.01. The molecule has 2 aromatic rings. The van der Waals surface area contributed by atoms with Gasteiger partial charge in [0.2, 0.25) is 0 Å². The van der Waals surface area contributed by atoms with Gasteiger partial charge in [-0.1, -0.05) is 25.1 Å². The first kappa shape index (κ1) is 18.7. The van der Waals surface area contributed by atoms with Crippen molar-refractivity contribution in [2.75, 3.05) is 17.7 Å². The topological polar surface area (TPSA) is 72.5 Å². The number of rotatable bonds is 6. The molecule has 0 aromatic heterocycles. The largest absolute Gasteiger partial charge is 0.452 e. The van der Waals surface area contributed by atoms with Crippen molar-refractivity contribution in [3.05, 3.63) is 59.7 Å². The fourth-order valence-corrected chi connectivity index (χ4v) is 2.93. The molecular weight excluding hydrogens is 352 g/mol. The Labute approximate surface area is 145 Å². The molecule has 0 radical (unpaired) electrons. The second-order valence-electron chi connectivity index (χ2n) is 4.85. The second-order valence-corrected chi connectivity index (χ2v) is 6.56. The Balaban J connectivity index is 2.03. The van der Waals surface area contributed by atoms with Gasteiger partial charge in [-0.25, -0.2) is 13.6 Å². The maximum absolute atomic E-state index is 13.5. The van der Waals surface area contributed by atoms with Gasteiger partial charge in [0, 0.05) is 5.75 Å². The summed E-state index contributed by atoms with van der Waals surface area (Å²) in [6.07, 6.45) is 0. The standard InChI is InChI=1S/C17H15F2NO4S/c1-2-25(23)14-9-4-3-6-11(14)17(22)24-10-15(21)20-16-12(18)7-5-8-13(16)19/h3-9H,2,10H2,1H3,(H,20,21)/t25-/m1/s1. The molecule has 8 heteroatoms. The number of amides is 1. The number of ether oxygens (including phenoxy) is 1. The number of hydrogen-bond donors (Lipinski definition) is 1. The summed E-state index contributed by atoms with van der Waals surface area (Å²) in [7, 11) is -1.38. The first-order chi connectivity index (χ1) is 11.9. The van der Waals surface area contributed by atoms with E-state index in [-0.39, 0.29) is 5.56 Å². The van der Waals surface area contributed by atoms with Crippen LogP contribution in [0, 0.1) is 11.6 Å². The van der Waals surface area contributed by atoms with Crippen molar-refractivity contribution in [3.8, 4) is 0 Å². The molecule has 0 bridgehead atoms. The van der Waals surface area contributed by atoms with Crippen LogP contribution >= 0.6 is 0 Å². The van der Waals surface area contributed by atoms with Crippen molar-refractivity contribution in [3.63, 3.8) is 0 Å². The Morgan fingerprint density at radius 1 is 1.08 bits per heavy atom. The zero-order chi connectivity index (χ0) is 18.4. The first-order valence-corrected chi connectivity index (χ1v) is 8.64. The molecule has 0 aliphatic rings. The Hall–Kier alpha value is -2.61. The van der Waals surface area contributed by atoms with E-state index in [1.54, 1.807) is 19.1 Å². The van der Waals surface area contributed by atoms with Crippen LogP contribution in [0.1, 0.15) is 17.3 Å². The maximum atomic E-state index is 13.5. The van der Waals surface area contributed by atoms with Gasteiger partial charge >= 0.3 is 5.97 Å². The molecule has 2 aromatic carbocycles. The Kier molecular flexibility index (Phi) is 6.35. The molecule has 0 fully saturated rings. The van der Waals surface area contributed by atoms with Gasteiger partial charge in [0.15, 0.2) is 6.61 Å². The lowest BCUT2D eigenvalue weighted by Crippen LogP contribution is -2.22. The summed E-state index contributed by atoms with van der Waals surface area (Å²) in [5.74, 6) is -3.31. The summed E-state index contributed by atoms with van der Waals surface area (Å²) >= 11 is 0. The van der Waals surface area contributed by atoms with Gasteiger partial charge in [0.05, 0.1) is 21.3 Å². The average molecular weight is 367 g/mol. The summed E-state index contributed by atoms with van der Waals surface area (Å²) < 4.78 is 43.7. The van der Waals surface area contributed by atoms with Crippen LogP contribution in [0.4, 0.5) is 14.5 Å². The van der Waals surface area contributed by atoms with Crippen LogP contribution in [0.15, 0.2) is 47.4 Å².